The maximum Gasteiger partial charge on any atom is 0.0967 e. The molecule has 0 radical (unpaired) electrons. The van der Waals surface area contributed by atoms with Crippen LogP contribution in [-0.2, 0) is 9.57 Å². The van der Waals surface area contributed by atoms with Crippen LogP contribution in [0.2, 0.25) is 0 Å². The standard InChI is InChI=1S/C16H33NO3/c1-8-9-19-13-10-14(2,3)17(15(4,5)11-13)20-12-16(6,7)18/h13,18H,8-12H2,1-7H3. The van der Waals surface area contributed by atoms with Crippen LogP contribution in [0.5, 0.6) is 0 Å². The minimum Gasteiger partial charge on any atom is -0.388 e. The monoisotopic (exact) mass is 287 g/mol. The first-order chi connectivity index (χ1) is 8.98. The molecule has 0 aromatic carbocycles. The summed E-state index contributed by atoms with van der Waals surface area (Å²) in [6, 6.07) is 0. The third kappa shape index (κ3) is 4.99. The second-order valence-corrected chi connectivity index (χ2v) is 7.91. The SMILES string of the molecule is CCCOC1CC(C)(C)N(OCC(C)(C)O)C(C)(C)C1. The Balaban J connectivity index is 2.75. The van der Waals surface area contributed by atoms with E-state index < -0.39 is 5.60 Å². The Morgan fingerprint density at radius 3 is 2.05 bits per heavy atom. The molecule has 0 saturated carbocycles. The average molecular weight is 287 g/mol. The van der Waals surface area contributed by atoms with Gasteiger partial charge in [-0.2, -0.15) is 5.06 Å². The van der Waals surface area contributed by atoms with Crippen molar-refractivity contribution in [2.45, 2.75) is 90.5 Å². The molecule has 4 heteroatoms. The van der Waals surface area contributed by atoms with Crippen LogP contribution in [0.4, 0.5) is 0 Å². The first-order valence-corrected chi connectivity index (χ1v) is 7.75. The van der Waals surface area contributed by atoms with Gasteiger partial charge in [0.05, 0.1) is 18.3 Å². The van der Waals surface area contributed by atoms with E-state index in [9.17, 15) is 5.11 Å². The summed E-state index contributed by atoms with van der Waals surface area (Å²) in [6.45, 7) is 15.5. The van der Waals surface area contributed by atoms with E-state index in [1.165, 1.54) is 0 Å². The van der Waals surface area contributed by atoms with E-state index in [4.69, 9.17) is 9.57 Å². The Labute approximate surface area is 124 Å². The van der Waals surface area contributed by atoms with Crippen LogP contribution >= 0.6 is 0 Å². The summed E-state index contributed by atoms with van der Waals surface area (Å²) >= 11 is 0. The fourth-order valence-electron chi connectivity index (χ4n) is 3.15. The number of rotatable bonds is 6. The molecule has 0 atom stereocenters. The molecule has 1 fully saturated rings. The predicted molar refractivity (Wildman–Crippen MR) is 81.5 cm³/mol. The van der Waals surface area contributed by atoms with Gasteiger partial charge in [-0.05, 0) is 60.8 Å². The normalized spacial score (nSPS) is 24.0. The Bertz CT molecular complexity index is 289. The number of hydrogen-bond acceptors (Lipinski definition) is 4. The molecule has 1 aliphatic heterocycles. The molecule has 20 heavy (non-hydrogen) atoms. The van der Waals surface area contributed by atoms with Crippen molar-refractivity contribution >= 4 is 0 Å². The van der Waals surface area contributed by atoms with Crippen molar-refractivity contribution in [3.05, 3.63) is 0 Å². The van der Waals surface area contributed by atoms with Crippen molar-refractivity contribution < 1.29 is 14.7 Å². The average Bonchev–Trinajstić information content (AvgIpc) is 2.21. The molecule has 0 spiro atoms. The van der Waals surface area contributed by atoms with Gasteiger partial charge in [0.25, 0.3) is 0 Å². The number of ether oxygens (including phenoxy) is 1. The van der Waals surface area contributed by atoms with Crippen LogP contribution in [0.15, 0.2) is 0 Å². The van der Waals surface area contributed by atoms with Gasteiger partial charge in [-0.1, -0.05) is 6.92 Å². The number of piperidine rings is 1. The molecule has 1 heterocycles. The number of nitrogens with zero attached hydrogens (tertiary/aromatic N) is 1. The van der Waals surface area contributed by atoms with Crippen LogP contribution < -0.4 is 0 Å². The van der Waals surface area contributed by atoms with Gasteiger partial charge >= 0.3 is 0 Å². The summed E-state index contributed by atoms with van der Waals surface area (Å²) in [6.07, 6.45) is 3.22. The molecule has 0 unspecified atom stereocenters. The fraction of sp³-hybridized carbons (Fsp3) is 1.00. The first kappa shape index (κ1) is 17.9. The summed E-state index contributed by atoms with van der Waals surface area (Å²) in [5, 5.41) is 11.9. The third-order valence-corrected chi connectivity index (χ3v) is 3.66. The van der Waals surface area contributed by atoms with Gasteiger partial charge in [0.2, 0.25) is 0 Å². The Hall–Kier alpha value is -0.160. The molecule has 0 amide bonds. The zero-order chi connectivity index (χ0) is 15.6. The van der Waals surface area contributed by atoms with Crippen molar-refractivity contribution in [1.82, 2.24) is 5.06 Å². The van der Waals surface area contributed by atoms with Crippen LogP contribution in [0.1, 0.15) is 67.7 Å². The Kier molecular flexibility index (Phi) is 5.64. The van der Waals surface area contributed by atoms with Crippen molar-refractivity contribution in [3.8, 4) is 0 Å². The molecule has 0 bridgehead atoms. The van der Waals surface area contributed by atoms with Gasteiger partial charge in [-0.25, -0.2) is 0 Å². The van der Waals surface area contributed by atoms with E-state index in [0.29, 0.717) is 6.61 Å². The quantitative estimate of drug-likeness (QED) is 0.815. The molecule has 1 rings (SSSR count). The van der Waals surface area contributed by atoms with E-state index in [-0.39, 0.29) is 17.2 Å². The maximum absolute atomic E-state index is 9.88. The smallest absolute Gasteiger partial charge is 0.0967 e. The van der Waals surface area contributed by atoms with Gasteiger partial charge in [-0.15, -0.1) is 0 Å². The summed E-state index contributed by atoms with van der Waals surface area (Å²) in [5.74, 6) is 0. The van der Waals surface area contributed by atoms with Gasteiger partial charge < -0.3 is 9.84 Å². The number of hydroxylamine groups is 2. The molecule has 0 aromatic heterocycles. The summed E-state index contributed by atoms with van der Waals surface area (Å²) in [7, 11) is 0. The van der Waals surface area contributed by atoms with E-state index in [2.05, 4.69) is 39.7 Å². The van der Waals surface area contributed by atoms with E-state index in [0.717, 1.165) is 25.9 Å². The summed E-state index contributed by atoms with van der Waals surface area (Å²) in [4.78, 5) is 5.96. The largest absolute Gasteiger partial charge is 0.388 e. The van der Waals surface area contributed by atoms with Gasteiger partial charge in [0, 0.05) is 17.7 Å². The zero-order valence-electron chi connectivity index (χ0n) is 14.3. The minimum absolute atomic E-state index is 0.106. The fourth-order valence-corrected chi connectivity index (χ4v) is 3.15. The molecule has 120 valence electrons. The molecule has 1 N–H and O–H groups in total. The Morgan fingerprint density at radius 2 is 1.65 bits per heavy atom. The molecule has 1 saturated heterocycles. The molecule has 0 aromatic rings. The highest BCUT2D eigenvalue weighted by atomic mass is 16.7. The van der Waals surface area contributed by atoms with E-state index >= 15 is 0 Å². The van der Waals surface area contributed by atoms with Crippen LogP contribution in [-0.4, -0.2) is 46.2 Å². The highest BCUT2D eigenvalue weighted by Crippen LogP contribution is 2.40. The third-order valence-electron chi connectivity index (χ3n) is 3.66. The second kappa shape index (κ2) is 6.30. The number of aliphatic hydroxyl groups is 1. The highest BCUT2D eigenvalue weighted by Gasteiger charge is 2.47. The maximum atomic E-state index is 9.88. The van der Waals surface area contributed by atoms with Gasteiger partial charge in [0.1, 0.15) is 0 Å². The van der Waals surface area contributed by atoms with Gasteiger partial charge in [-0.3, -0.25) is 4.84 Å². The highest BCUT2D eigenvalue weighted by molar-refractivity contribution is 4.97. The first-order valence-electron chi connectivity index (χ1n) is 7.75. The molecule has 4 nitrogen and oxygen atoms in total. The van der Waals surface area contributed by atoms with Crippen molar-refractivity contribution in [1.29, 1.82) is 0 Å². The topological polar surface area (TPSA) is 41.9 Å². The lowest BCUT2D eigenvalue weighted by Crippen LogP contribution is -2.62. The van der Waals surface area contributed by atoms with Crippen molar-refractivity contribution in [2.75, 3.05) is 13.2 Å². The molecule has 0 aliphatic carbocycles. The lowest BCUT2D eigenvalue weighted by atomic mass is 9.80. The van der Waals surface area contributed by atoms with Crippen LogP contribution in [0.3, 0.4) is 0 Å². The minimum atomic E-state index is -0.818. The van der Waals surface area contributed by atoms with Crippen LogP contribution in [0, 0.1) is 0 Å². The number of hydrogen-bond donors (Lipinski definition) is 1. The lowest BCUT2D eigenvalue weighted by molar-refractivity contribution is -0.308. The molecule has 1 aliphatic rings. The second-order valence-electron chi connectivity index (χ2n) is 7.91. The van der Waals surface area contributed by atoms with E-state index in [1.54, 1.807) is 13.8 Å². The van der Waals surface area contributed by atoms with Gasteiger partial charge in [0.15, 0.2) is 0 Å². The predicted octanol–water partition coefficient (Wildman–Crippen LogP) is 3.14. The Morgan fingerprint density at radius 1 is 1.15 bits per heavy atom. The zero-order valence-corrected chi connectivity index (χ0v) is 14.3. The molecular weight excluding hydrogens is 254 g/mol. The van der Waals surface area contributed by atoms with E-state index in [1.807, 2.05) is 0 Å². The molecular formula is C16H33NO3. The lowest BCUT2D eigenvalue weighted by Gasteiger charge is -2.54. The van der Waals surface area contributed by atoms with Crippen LogP contribution in [0.25, 0.3) is 0 Å². The van der Waals surface area contributed by atoms with Crippen molar-refractivity contribution in [3.63, 3.8) is 0 Å². The summed E-state index contributed by atoms with van der Waals surface area (Å²) in [5.41, 5.74) is -1.03. The summed E-state index contributed by atoms with van der Waals surface area (Å²) < 4.78 is 5.97. The van der Waals surface area contributed by atoms with Crippen molar-refractivity contribution in [2.24, 2.45) is 0 Å².